The smallest absolute Gasteiger partial charge is 0.261 e. The molecule has 0 bridgehead atoms. The molecule has 0 unspecified atom stereocenters. The monoisotopic (exact) mass is 441 g/mol. The van der Waals surface area contributed by atoms with Gasteiger partial charge >= 0.3 is 0 Å². The zero-order chi connectivity index (χ0) is 19.7. The Balaban J connectivity index is 0.00000280. The fraction of sp³-hybridized carbons (Fsp3) is 0.300. The predicted molar refractivity (Wildman–Crippen MR) is 118 cm³/mol. The Labute approximate surface area is 179 Å². The van der Waals surface area contributed by atoms with Crippen LogP contribution in [0, 0.1) is 19.7 Å². The summed E-state index contributed by atoms with van der Waals surface area (Å²) in [6.07, 6.45) is 0. The Morgan fingerprint density at radius 1 is 1.18 bits per heavy atom. The fourth-order valence-corrected chi connectivity index (χ4v) is 4.28. The summed E-state index contributed by atoms with van der Waals surface area (Å²) >= 11 is 7.60. The maximum atomic E-state index is 13.4. The topological polar surface area (TPSA) is 36.4 Å². The van der Waals surface area contributed by atoms with Crippen LogP contribution >= 0.6 is 35.3 Å². The van der Waals surface area contributed by atoms with Crippen molar-refractivity contribution in [1.82, 2.24) is 9.88 Å². The number of hydrogen-bond acceptors (Lipinski definition) is 4. The number of aryl methyl sites for hydroxylation is 2. The fourth-order valence-electron chi connectivity index (χ4n) is 2.87. The number of carbonyl (C=O) groups is 1. The van der Waals surface area contributed by atoms with Gasteiger partial charge in [0.1, 0.15) is 5.82 Å². The minimum absolute atomic E-state index is 0. The van der Waals surface area contributed by atoms with Crippen LogP contribution in [0.15, 0.2) is 30.3 Å². The van der Waals surface area contributed by atoms with Crippen LogP contribution in [0.4, 0.5) is 9.52 Å². The number of thiazole rings is 1. The lowest BCUT2D eigenvalue weighted by molar-refractivity contribution is 0.0985. The number of benzene rings is 2. The predicted octanol–water partition coefficient (Wildman–Crippen LogP) is 5.34. The highest BCUT2D eigenvalue weighted by Gasteiger charge is 2.24. The van der Waals surface area contributed by atoms with E-state index in [-0.39, 0.29) is 28.9 Å². The molecular formula is C20H22Cl2FN3OS. The first-order valence-corrected chi connectivity index (χ1v) is 9.75. The lowest BCUT2D eigenvalue weighted by atomic mass is 10.1. The van der Waals surface area contributed by atoms with Crippen molar-refractivity contribution in [3.8, 4) is 0 Å². The minimum atomic E-state index is -0.470. The van der Waals surface area contributed by atoms with Crippen LogP contribution in [0.25, 0.3) is 10.2 Å². The molecule has 150 valence electrons. The number of anilines is 1. The Morgan fingerprint density at radius 2 is 1.89 bits per heavy atom. The second-order valence-corrected chi connectivity index (χ2v) is 8.23. The molecule has 0 aliphatic rings. The number of fused-ring (bicyclic) bond motifs is 1. The molecule has 2 aromatic carbocycles. The zero-order valence-corrected chi connectivity index (χ0v) is 18.5. The molecule has 0 atom stereocenters. The van der Waals surface area contributed by atoms with E-state index in [2.05, 4.69) is 12.1 Å². The maximum absolute atomic E-state index is 13.4. The molecule has 0 saturated heterocycles. The van der Waals surface area contributed by atoms with E-state index in [4.69, 9.17) is 16.6 Å². The zero-order valence-electron chi connectivity index (χ0n) is 16.1. The van der Waals surface area contributed by atoms with Crippen LogP contribution in [0.2, 0.25) is 5.02 Å². The van der Waals surface area contributed by atoms with E-state index < -0.39 is 5.82 Å². The summed E-state index contributed by atoms with van der Waals surface area (Å²) in [6.45, 7) is 5.18. The highest BCUT2D eigenvalue weighted by Crippen LogP contribution is 2.33. The summed E-state index contributed by atoms with van der Waals surface area (Å²) in [6, 6.07) is 7.98. The van der Waals surface area contributed by atoms with Crippen molar-refractivity contribution < 1.29 is 9.18 Å². The average molecular weight is 442 g/mol. The Hall–Kier alpha value is -1.73. The standard InChI is InChI=1S/C20H21ClFN3OS.ClH/c1-12-9-13(2)18-17(10-12)27-20(23-18)25(8-7-24(3)4)19(26)15-6-5-14(22)11-16(15)21;/h5-6,9-11H,7-8H2,1-4H3;1H. The molecule has 8 heteroatoms. The highest BCUT2D eigenvalue weighted by molar-refractivity contribution is 7.22. The third kappa shape index (κ3) is 4.81. The highest BCUT2D eigenvalue weighted by atomic mass is 35.5. The van der Waals surface area contributed by atoms with Crippen LogP contribution in [0.3, 0.4) is 0 Å². The SMILES string of the molecule is Cc1cc(C)c2nc(N(CCN(C)C)C(=O)c3ccc(F)cc3Cl)sc2c1.Cl. The number of likely N-dealkylation sites (N-methyl/N-ethyl adjacent to an activating group) is 1. The number of rotatable bonds is 5. The van der Waals surface area contributed by atoms with Crippen molar-refractivity contribution in [2.24, 2.45) is 0 Å². The van der Waals surface area contributed by atoms with Crippen molar-refractivity contribution in [1.29, 1.82) is 0 Å². The Morgan fingerprint density at radius 3 is 2.54 bits per heavy atom. The quantitative estimate of drug-likeness (QED) is 0.536. The molecule has 0 spiro atoms. The van der Waals surface area contributed by atoms with Gasteiger partial charge in [-0.05, 0) is 63.3 Å². The number of hydrogen-bond donors (Lipinski definition) is 0. The van der Waals surface area contributed by atoms with E-state index >= 15 is 0 Å². The lowest BCUT2D eigenvalue weighted by Crippen LogP contribution is -2.36. The Kier molecular flexibility index (Phi) is 7.39. The van der Waals surface area contributed by atoms with Gasteiger partial charge in [-0.1, -0.05) is 29.0 Å². The number of aromatic nitrogens is 1. The van der Waals surface area contributed by atoms with Crippen LogP contribution in [-0.4, -0.2) is 43.0 Å². The average Bonchev–Trinajstić information content (AvgIpc) is 2.98. The molecule has 0 aliphatic carbocycles. The molecule has 28 heavy (non-hydrogen) atoms. The summed E-state index contributed by atoms with van der Waals surface area (Å²) in [5.74, 6) is -0.752. The summed E-state index contributed by atoms with van der Waals surface area (Å²) in [5.41, 5.74) is 3.40. The first-order valence-electron chi connectivity index (χ1n) is 8.55. The van der Waals surface area contributed by atoms with E-state index in [0.717, 1.165) is 27.4 Å². The summed E-state index contributed by atoms with van der Waals surface area (Å²) < 4.78 is 14.4. The molecule has 0 fully saturated rings. The second-order valence-electron chi connectivity index (χ2n) is 6.81. The largest absolute Gasteiger partial charge is 0.308 e. The van der Waals surface area contributed by atoms with Gasteiger partial charge in [-0.25, -0.2) is 9.37 Å². The molecule has 0 N–H and O–H groups in total. The van der Waals surface area contributed by atoms with Crippen molar-refractivity contribution in [2.45, 2.75) is 13.8 Å². The van der Waals surface area contributed by atoms with Gasteiger partial charge < -0.3 is 4.90 Å². The van der Waals surface area contributed by atoms with Gasteiger partial charge in [-0.3, -0.25) is 9.69 Å². The van der Waals surface area contributed by atoms with E-state index in [0.29, 0.717) is 18.2 Å². The molecule has 1 heterocycles. The van der Waals surface area contributed by atoms with Gasteiger partial charge in [-0.2, -0.15) is 0 Å². The van der Waals surface area contributed by atoms with Crippen molar-refractivity contribution in [3.63, 3.8) is 0 Å². The molecule has 3 aromatic rings. The number of nitrogens with zero attached hydrogens (tertiary/aromatic N) is 3. The third-order valence-electron chi connectivity index (χ3n) is 4.23. The molecule has 1 amide bonds. The molecule has 4 nitrogen and oxygen atoms in total. The van der Waals surface area contributed by atoms with Gasteiger partial charge in [0.2, 0.25) is 0 Å². The summed E-state index contributed by atoms with van der Waals surface area (Å²) in [4.78, 5) is 21.5. The van der Waals surface area contributed by atoms with E-state index in [1.165, 1.54) is 23.5 Å². The van der Waals surface area contributed by atoms with Gasteiger partial charge in [0.05, 0.1) is 20.8 Å². The molecule has 0 radical (unpaired) electrons. The molecule has 1 aromatic heterocycles. The second kappa shape index (κ2) is 9.18. The number of amides is 1. The Bertz CT molecular complexity index is 1010. The van der Waals surface area contributed by atoms with Gasteiger partial charge in [0.25, 0.3) is 5.91 Å². The van der Waals surface area contributed by atoms with E-state index in [1.807, 2.05) is 32.8 Å². The molecule has 3 rings (SSSR count). The third-order valence-corrected chi connectivity index (χ3v) is 5.57. The molecule has 0 aliphatic heterocycles. The van der Waals surface area contributed by atoms with Crippen LogP contribution in [0.5, 0.6) is 0 Å². The first-order chi connectivity index (χ1) is 12.8. The van der Waals surface area contributed by atoms with Gasteiger partial charge in [0.15, 0.2) is 5.13 Å². The minimum Gasteiger partial charge on any atom is -0.308 e. The van der Waals surface area contributed by atoms with Crippen molar-refractivity contribution >= 4 is 56.6 Å². The summed E-state index contributed by atoms with van der Waals surface area (Å²) in [7, 11) is 3.89. The number of carbonyl (C=O) groups excluding carboxylic acids is 1. The molecule has 0 saturated carbocycles. The normalized spacial score (nSPS) is 11.0. The van der Waals surface area contributed by atoms with Gasteiger partial charge in [-0.15, -0.1) is 12.4 Å². The first kappa shape index (κ1) is 22.6. The van der Waals surface area contributed by atoms with Crippen LogP contribution in [-0.2, 0) is 0 Å². The number of halogens is 3. The summed E-state index contributed by atoms with van der Waals surface area (Å²) in [5, 5.41) is 0.717. The van der Waals surface area contributed by atoms with Gasteiger partial charge in [0, 0.05) is 13.1 Å². The van der Waals surface area contributed by atoms with Crippen LogP contribution in [0.1, 0.15) is 21.5 Å². The molecular weight excluding hydrogens is 420 g/mol. The van der Waals surface area contributed by atoms with E-state index in [9.17, 15) is 9.18 Å². The maximum Gasteiger partial charge on any atom is 0.261 e. The van der Waals surface area contributed by atoms with E-state index in [1.54, 1.807) is 4.90 Å². The van der Waals surface area contributed by atoms with Crippen molar-refractivity contribution in [3.05, 3.63) is 57.9 Å². The lowest BCUT2D eigenvalue weighted by Gasteiger charge is -2.22. The van der Waals surface area contributed by atoms with Crippen molar-refractivity contribution in [2.75, 3.05) is 32.1 Å². The van der Waals surface area contributed by atoms with Crippen LogP contribution < -0.4 is 4.90 Å².